The normalized spacial score (nSPS) is 10.7. The summed E-state index contributed by atoms with van der Waals surface area (Å²) in [5.74, 6) is 0.881. The Balaban J connectivity index is 1.63. The third-order valence-corrected chi connectivity index (χ3v) is 4.09. The van der Waals surface area contributed by atoms with E-state index in [-0.39, 0.29) is 5.56 Å². The molecule has 2 rings (SSSR count). The van der Waals surface area contributed by atoms with Gasteiger partial charge in [0.15, 0.2) is 0 Å². The van der Waals surface area contributed by atoms with Gasteiger partial charge in [-0.2, -0.15) is 0 Å². The topological polar surface area (TPSA) is 55.0 Å². The van der Waals surface area contributed by atoms with E-state index in [4.69, 9.17) is 4.74 Å². The van der Waals surface area contributed by atoms with Crippen molar-refractivity contribution in [1.82, 2.24) is 9.97 Å². The molecule has 0 bridgehead atoms. The fourth-order valence-electron chi connectivity index (χ4n) is 2.65. The molecular formula is C20H28N2O2. The highest BCUT2D eigenvalue weighted by Crippen LogP contribution is 2.19. The molecule has 0 amide bonds. The molecule has 1 aromatic carbocycles. The van der Waals surface area contributed by atoms with Crippen LogP contribution in [0.2, 0.25) is 0 Å². The van der Waals surface area contributed by atoms with Crippen molar-refractivity contribution in [2.24, 2.45) is 0 Å². The van der Waals surface area contributed by atoms with E-state index < -0.39 is 0 Å². The lowest BCUT2D eigenvalue weighted by Gasteiger charge is -2.07. The first-order valence-corrected chi connectivity index (χ1v) is 9.07. The van der Waals surface area contributed by atoms with E-state index in [9.17, 15) is 4.79 Å². The van der Waals surface area contributed by atoms with Crippen molar-refractivity contribution in [3.05, 3.63) is 47.0 Å². The maximum atomic E-state index is 11.0. The Morgan fingerprint density at radius 1 is 0.958 bits per heavy atom. The number of nitrogens with one attached hydrogen (secondary N) is 1. The Bertz CT molecular complexity index is 614. The van der Waals surface area contributed by atoms with E-state index in [2.05, 4.69) is 16.9 Å². The largest absolute Gasteiger partial charge is 0.494 e. The lowest BCUT2D eigenvalue weighted by molar-refractivity contribution is 0.304. The number of benzene rings is 1. The molecule has 0 aliphatic carbocycles. The molecule has 0 aliphatic heterocycles. The van der Waals surface area contributed by atoms with Gasteiger partial charge in [-0.15, -0.1) is 0 Å². The number of hydrogen-bond acceptors (Lipinski definition) is 3. The summed E-state index contributed by atoms with van der Waals surface area (Å²) in [7, 11) is 0. The van der Waals surface area contributed by atoms with Crippen LogP contribution in [0.15, 0.2) is 41.5 Å². The second-order valence-corrected chi connectivity index (χ2v) is 6.14. The second-order valence-electron chi connectivity index (χ2n) is 6.14. The molecule has 1 aromatic heterocycles. The quantitative estimate of drug-likeness (QED) is 0.593. The maximum absolute atomic E-state index is 11.0. The predicted octanol–water partition coefficient (Wildman–Crippen LogP) is 4.96. The Morgan fingerprint density at radius 2 is 1.62 bits per heavy atom. The van der Waals surface area contributed by atoms with Crippen LogP contribution in [0.3, 0.4) is 0 Å². The summed E-state index contributed by atoms with van der Waals surface area (Å²) in [6, 6.07) is 7.83. The zero-order valence-electron chi connectivity index (χ0n) is 14.6. The van der Waals surface area contributed by atoms with Gasteiger partial charge in [-0.1, -0.05) is 51.9 Å². The highest BCUT2D eigenvalue weighted by Gasteiger charge is 2.00. The fourth-order valence-corrected chi connectivity index (χ4v) is 2.65. The molecular weight excluding hydrogens is 300 g/mol. The summed E-state index contributed by atoms with van der Waals surface area (Å²) in [6.07, 6.45) is 13.4. The number of unbranched alkanes of at least 4 members (excludes halogenated alkanes) is 7. The molecule has 1 heterocycles. The first kappa shape index (κ1) is 18.2. The first-order chi connectivity index (χ1) is 11.8. The van der Waals surface area contributed by atoms with Gasteiger partial charge in [0.2, 0.25) is 0 Å². The maximum Gasteiger partial charge on any atom is 0.266 e. The first-order valence-electron chi connectivity index (χ1n) is 9.07. The van der Waals surface area contributed by atoms with Crippen LogP contribution in [-0.2, 0) is 0 Å². The zero-order valence-corrected chi connectivity index (χ0v) is 14.6. The average Bonchev–Trinajstić information content (AvgIpc) is 2.62. The van der Waals surface area contributed by atoms with Crippen LogP contribution in [0.5, 0.6) is 5.75 Å². The van der Waals surface area contributed by atoms with E-state index in [0.717, 1.165) is 30.0 Å². The molecule has 4 nitrogen and oxygen atoms in total. The molecule has 0 saturated heterocycles. The smallest absolute Gasteiger partial charge is 0.266 e. The Morgan fingerprint density at radius 3 is 2.25 bits per heavy atom. The summed E-state index contributed by atoms with van der Waals surface area (Å²) in [6.45, 7) is 3.02. The Kier molecular flexibility index (Phi) is 8.08. The summed E-state index contributed by atoms with van der Waals surface area (Å²) >= 11 is 0. The second kappa shape index (κ2) is 10.6. The molecule has 4 heteroatoms. The third kappa shape index (κ3) is 6.57. The van der Waals surface area contributed by atoms with Crippen LogP contribution in [0, 0.1) is 0 Å². The standard InChI is InChI=1S/C20H28N2O2/c1-2-3-4-5-6-7-8-9-14-24-18-12-10-17(11-13-18)19-15-22-20(23)16-21-19/h10-13,15-16H,2-9,14H2,1H3,(H,22,23). The van der Waals surface area contributed by atoms with Crippen LogP contribution in [0.25, 0.3) is 11.3 Å². The number of hydrogen-bond donors (Lipinski definition) is 1. The van der Waals surface area contributed by atoms with Crippen LogP contribution in [0.4, 0.5) is 0 Å². The average molecular weight is 328 g/mol. The number of aromatic nitrogens is 2. The number of rotatable bonds is 11. The number of ether oxygens (including phenoxy) is 1. The minimum Gasteiger partial charge on any atom is -0.494 e. The lowest BCUT2D eigenvalue weighted by atomic mass is 10.1. The fraction of sp³-hybridized carbons (Fsp3) is 0.500. The molecule has 0 radical (unpaired) electrons. The molecule has 0 spiro atoms. The molecule has 0 unspecified atom stereocenters. The van der Waals surface area contributed by atoms with Crippen molar-refractivity contribution in [2.75, 3.05) is 6.61 Å². The van der Waals surface area contributed by atoms with Crippen LogP contribution >= 0.6 is 0 Å². The van der Waals surface area contributed by atoms with Crippen molar-refractivity contribution in [2.45, 2.75) is 58.3 Å². The van der Waals surface area contributed by atoms with Gasteiger partial charge >= 0.3 is 0 Å². The minimum atomic E-state index is -0.191. The zero-order chi connectivity index (χ0) is 17.0. The predicted molar refractivity (Wildman–Crippen MR) is 98.4 cm³/mol. The van der Waals surface area contributed by atoms with E-state index in [1.807, 2.05) is 24.3 Å². The van der Waals surface area contributed by atoms with Crippen LogP contribution in [-0.4, -0.2) is 16.6 Å². The van der Waals surface area contributed by atoms with Crippen LogP contribution < -0.4 is 10.3 Å². The van der Waals surface area contributed by atoms with Crippen molar-refractivity contribution < 1.29 is 4.74 Å². The van der Waals surface area contributed by atoms with Gasteiger partial charge in [0.25, 0.3) is 5.56 Å². The van der Waals surface area contributed by atoms with Crippen molar-refractivity contribution >= 4 is 0 Å². The van der Waals surface area contributed by atoms with Crippen molar-refractivity contribution in [1.29, 1.82) is 0 Å². The molecule has 0 fully saturated rings. The number of aromatic amines is 1. The molecule has 0 aliphatic rings. The summed E-state index contributed by atoms with van der Waals surface area (Å²) in [5.41, 5.74) is 1.53. The number of H-pyrrole nitrogens is 1. The molecule has 0 atom stereocenters. The van der Waals surface area contributed by atoms with Gasteiger partial charge in [-0.05, 0) is 30.7 Å². The molecule has 0 saturated carbocycles. The molecule has 2 aromatic rings. The summed E-state index contributed by atoms with van der Waals surface area (Å²) < 4.78 is 5.78. The third-order valence-electron chi connectivity index (χ3n) is 4.09. The van der Waals surface area contributed by atoms with E-state index >= 15 is 0 Å². The molecule has 1 N–H and O–H groups in total. The van der Waals surface area contributed by atoms with E-state index in [0.29, 0.717) is 0 Å². The van der Waals surface area contributed by atoms with Gasteiger partial charge in [-0.3, -0.25) is 4.79 Å². The van der Waals surface area contributed by atoms with Gasteiger partial charge in [0.05, 0.1) is 18.5 Å². The summed E-state index contributed by atoms with van der Waals surface area (Å²) in [5, 5.41) is 0. The SMILES string of the molecule is CCCCCCCCCCOc1ccc(-c2c[nH]c(=O)cn2)cc1. The number of nitrogens with zero attached hydrogens (tertiary/aromatic N) is 1. The lowest BCUT2D eigenvalue weighted by Crippen LogP contribution is -2.04. The molecule has 24 heavy (non-hydrogen) atoms. The minimum absolute atomic E-state index is 0.191. The van der Waals surface area contributed by atoms with Gasteiger partial charge in [0, 0.05) is 11.8 Å². The van der Waals surface area contributed by atoms with Crippen molar-refractivity contribution in [3.63, 3.8) is 0 Å². The van der Waals surface area contributed by atoms with Gasteiger partial charge in [0.1, 0.15) is 5.75 Å². The monoisotopic (exact) mass is 328 g/mol. The Labute approximate surface area is 144 Å². The Hall–Kier alpha value is -2.10. The van der Waals surface area contributed by atoms with Crippen molar-refractivity contribution in [3.8, 4) is 17.0 Å². The highest BCUT2D eigenvalue weighted by molar-refractivity contribution is 5.58. The molecule has 130 valence electrons. The van der Waals surface area contributed by atoms with Gasteiger partial charge in [-0.25, -0.2) is 4.98 Å². The highest BCUT2D eigenvalue weighted by atomic mass is 16.5. The van der Waals surface area contributed by atoms with Gasteiger partial charge < -0.3 is 9.72 Å². The summed E-state index contributed by atoms with van der Waals surface area (Å²) in [4.78, 5) is 17.8. The van der Waals surface area contributed by atoms with E-state index in [1.54, 1.807) is 6.20 Å². The van der Waals surface area contributed by atoms with E-state index in [1.165, 1.54) is 51.1 Å². The van der Waals surface area contributed by atoms with Crippen LogP contribution in [0.1, 0.15) is 58.3 Å².